The minimum Gasteiger partial charge on any atom is -0.493 e. The molecular weight excluding hydrogens is 453 g/mol. The molecule has 1 heterocycles. The van der Waals surface area contributed by atoms with Crippen molar-refractivity contribution in [3.8, 4) is 11.5 Å². The summed E-state index contributed by atoms with van der Waals surface area (Å²) in [5.74, 6) is -2.96. The number of hydrogen-bond donors (Lipinski definition) is 2. The van der Waals surface area contributed by atoms with Gasteiger partial charge in [0, 0.05) is 12.5 Å². The van der Waals surface area contributed by atoms with Crippen LogP contribution in [0.2, 0.25) is 0 Å². The number of ether oxygens (including phenoxy) is 2. The van der Waals surface area contributed by atoms with Crippen LogP contribution in [0.15, 0.2) is 77.9 Å². The molecule has 178 valence electrons. The van der Waals surface area contributed by atoms with E-state index >= 15 is 0 Å². The predicted octanol–water partition coefficient (Wildman–Crippen LogP) is 3.03. The van der Waals surface area contributed by atoms with Gasteiger partial charge in [-0.2, -0.15) is 5.10 Å². The van der Waals surface area contributed by atoms with Crippen LogP contribution in [-0.2, 0) is 9.59 Å². The third-order valence-electron chi connectivity index (χ3n) is 5.53. The van der Waals surface area contributed by atoms with Crippen molar-refractivity contribution in [3.05, 3.63) is 95.3 Å². The molecular formula is C26H22FN3O5. The zero-order valence-electron chi connectivity index (χ0n) is 18.7. The summed E-state index contributed by atoms with van der Waals surface area (Å²) in [6.07, 6.45) is 1.38. The van der Waals surface area contributed by atoms with Gasteiger partial charge in [0.2, 0.25) is 5.91 Å². The number of nitrogens with zero attached hydrogens (tertiary/aromatic N) is 1. The van der Waals surface area contributed by atoms with Crippen molar-refractivity contribution in [2.24, 2.45) is 11.0 Å². The quantitative estimate of drug-likeness (QED) is 0.180. The van der Waals surface area contributed by atoms with E-state index in [1.807, 2.05) is 30.3 Å². The lowest BCUT2D eigenvalue weighted by Crippen LogP contribution is -2.34. The van der Waals surface area contributed by atoms with Crippen molar-refractivity contribution >= 4 is 24.0 Å². The van der Waals surface area contributed by atoms with Gasteiger partial charge >= 0.3 is 5.97 Å². The lowest BCUT2D eigenvalue weighted by atomic mass is 9.88. The van der Waals surface area contributed by atoms with Gasteiger partial charge in [0.15, 0.2) is 11.5 Å². The summed E-state index contributed by atoms with van der Waals surface area (Å²) in [6.45, 7) is 0.373. The van der Waals surface area contributed by atoms with Gasteiger partial charge in [0.05, 0.1) is 18.9 Å². The van der Waals surface area contributed by atoms with Crippen LogP contribution in [0.1, 0.15) is 27.4 Å². The molecule has 0 radical (unpaired) electrons. The molecule has 0 bridgehead atoms. The summed E-state index contributed by atoms with van der Waals surface area (Å²) in [4.78, 5) is 37.2. The molecule has 3 aromatic rings. The molecule has 2 N–H and O–H groups in total. The summed E-state index contributed by atoms with van der Waals surface area (Å²) in [5.41, 5.74) is 3.92. The largest absolute Gasteiger partial charge is 0.493 e. The van der Waals surface area contributed by atoms with E-state index in [4.69, 9.17) is 9.47 Å². The highest BCUT2D eigenvalue weighted by atomic mass is 19.1. The molecule has 8 nitrogen and oxygen atoms in total. The maximum atomic E-state index is 13.4. The Kier molecular flexibility index (Phi) is 7.15. The topological polar surface area (TPSA) is 106 Å². The van der Waals surface area contributed by atoms with Gasteiger partial charge in [-0.1, -0.05) is 36.4 Å². The van der Waals surface area contributed by atoms with Crippen LogP contribution in [0, 0.1) is 11.7 Å². The van der Waals surface area contributed by atoms with E-state index in [9.17, 15) is 18.8 Å². The standard InChI is InChI=1S/C26H22FN3O5/c1-34-22-12-16(10-11-21(22)35-26(33)18-8-5-9-19(27)13-18)14-29-30-25(32)23-20(15-28-24(23)31)17-6-3-2-4-7-17/h2-14,20,23H,15H2,1H3,(H,28,31)(H,30,32)/b29-14+/t20-,23+/m1/s1. The van der Waals surface area contributed by atoms with Crippen molar-refractivity contribution in [1.29, 1.82) is 0 Å². The zero-order valence-corrected chi connectivity index (χ0v) is 18.7. The number of amides is 2. The Morgan fingerprint density at radius 1 is 1.06 bits per heavy atom. The molecule has 4 rings (SSSR count). The Hall–Kier alpha value is -4.53. The smallest absolute Gasteiger partial charge is 0.343 e. The van der Waals surface area contributed by atoms with E-state index < -0.39 is 23.6 Å². The van der Waals surface area contributed by atoms with E-state index in [-0.39, 0.29) is 28.9 Å². The van der Waals surface area contributed by atoms with E-state index in [0.29, 0.717) is 12.1 Å². The molecule has 1 saturated heterocycles. The van der Waals surface area contributed by atoms with Gasteiger partial charge in [-0.3, -0.25) is 9.59 Å². The number of methoxy groups -OCH3 is 1. The van der Waals surface area contributed by atoms with Crippen LogP contribution in [0.3, 0.4) is 0 Å². The van der Waals surface area contributed by atoms with Crippen molar-refractivity contribution in [1.82, 2.24) is 10.7 Å². The first-order valence-corrected chi connectivity index (χ1v) is 10.8. The van der Waals surface area contributed by atoms with Gasteiger partial charge in [0.25, 0.3) is 5.91 Å². The number of esters is 1. The van der Waals surface area contributed by atoms with Gasteiger partial charge in [0.1, 0.15) is 11.7 Å². The Morgan fingerprint density at radius 3 is 2.60 bits per heavy atom. The molecule has 2 atom stereocenters. The lowest BCUT2D eigenvalue weighted by molar-refractivity contribution is -0.133. The maximum Gasteiger partial charge on any atom is 0.343 e. The molecule has 1 aliphatic rings. The van der Waals surface area contributed by atoms with Gasteiger partial charge in [-0.25, -0.2) is 14.6 Å². The third kappa shape index (κ3) is 5.52. The van der Waals surface area contributed by atoms with Crippen molar-refractivity contribution in [2.45, 2.75) is 5.92 Å². The molecule has 9 heteroatoms. The monoisotopic (exact) mass is 475 g/mol. The van der Waals surface area contributed by atoms with Crippen molar-refractivity contribution < 1.29 is 28.2 Å². The SMILES string of the molecule is COc1cc(/C=N/NC(=O)[C@@H]2C(=O)NC[C@@H]2c2ccccc2)ccc1OC(=O)c1cccc(F)c1. The molecule has 0 aliphatic carbocycles. The first kappa shape index (κ1) is 23.6. The first-order valence-electron chi connectivity index (χ1n) is 10.8. The summed E-state index contributed by atoms with van der Waals surface area (Å²) >= 11 is 0. The Bertz CT molecular complexity index is 1280. The minimum atomic E-state index is -0.895. The van der Waals surface area contributed by atoms with Crippen molar-refractivity contribution in [3.63, 3.8) is 0 Å². The van der Waals surface area contributed by atoms with E-state index in [2.05, 4.69) is 15.8 Å². The number of benzene rings is 3. The fraction of sp³-hybridized carbons (Fsp3) is 0.154. The minimum absolute atomic E-state index is 0.0603. The molecule has 0 unspecified atom stereocenters. The number of hydrogen-bond acceptors (Lipinski definition) is 6. The maximum absolute atomic E-state index is 13.4. The van der Waals surface area contributed by atoms with Gasteiger partial charge in [-0.05, 0) is 47.5 Å². The average Bonchev–Trinajstić information content (AvgIpc) is 3.26. The molecule has 3 aromatic carbocycles. The van der Waals surface area contributed by atoms with Crippen LogP contribution >= 0.6 is 0 Å². The second-order valence-corrected chi connectivity index (χ2v) is 7.78. The number of halogens is 1. The Balaban J connectivity index is 1.42. The number of hydrazone groups is 1. The van der Waals surface area contributed by atoms with Crippen LogP contribution in [-0.4, -0.2) is 37.7 Å². The number of nitrogens with one attached hydrogen (secondary N) is 2. The van der Waals surface area contributed by atoms with Gasteiger partial charge in [-0.15, -0.1) is 0 Å². The summed E-state index contributed by atoms with van der Waals surface area (Å²) in [7, 11) is 1.40. The zero-order chi connectivity index (χ0) is 24.8. The number of rotatable bonds is 7. The average molecular weight is 475 g/mol. The highest BCUT2D eigenvalue weighted by molar-refractivity contribution is 6.03. The van der Waals surface area contributed by atoms with Gasteiger partial charge < -0.3 is 14.8 Å². The van der Waals surface area contributed by atoms with E-state index in [0.717, 1.165) is 11.6 Å². The summed E-state index contributed by atoms with van der Waals surface area (Å²) < 4.78 is 24.0. The lowest BCUT2D eigenvalue weighted by Gasteiger charge is -2.15. The Morgan fingerprint density at radius 2 is 1.86 bits per heavy atom. The molecule has 1 fully saturated rings. The van der Waals surface area contributed by atoms with Crippen molar-refractivity contribution in [2.75, 3.05) is 13.7 Å². The molecule has 0 aromatic heterocycles. The van der Waals surface area contributed by atoms with Crippen LogP contribution in [0.25, 0.3) is 0 Å². The number of carbonyl (C=O) groups excluding carboxylic acids is 3. The molecule has 2 amide bonds. The fourth-order valence-corrected chi connectivity index (χ4v) is 3.80. The number of carbonyl (C=O) groups is 3. The molecule has 1 aliphatic heterocycles. The molecule has 35 heavy (non-hydrogen) atoms. The predicted molar refractivity (Wildman–Crippen MR) is 126 cm³/mol. The fourth-order valence-electron chi connectivity index (χ4n) is 3.80. The summed E-state index contributed by atoms with van der Waals surface area (Å²) in [6, 6.07) is 19.1. The van der Waals surface area contributed by atoms with E-state index in [1.165, 1.54) is 37.6 Å². The third-order valence-corrected chi connectivity index (χ3v) is 5.53. The molecule has 0 spiro atoms. The van der Waals surface area contributed by atoms with Crippen LogP contribution < -0.4 is 20.2 Å². The first-order chi connectivity index (χ1) is 17.0. The Labute approximate surface area is 200 Å². The van der Waals surface area contributed by atoms with Crippen LogP contribution in [0.5, 0.6) is 11.5 Å². The second kappa shape index (κ2) is 10.6. The summed E-state index contributed by atoms with van der Waals surface area (Å²) in [5, 5.41) is 6.69. The second-order valence-electron chi connectivity index (χ2n) is 7.78. The van der Waals surface area contributed by atoms with Crippen LogP contribution in [0.4, 0.5) is 4.39 Å². The highest BCUT2D eigenvalue weighted by Gasteiger charge is 2.40. The normalized spacial score (nSPS) is 17.1. The molecule has 0 saturated carbocycles. The van der Waals surface area contributed by atoms with E-state index in [1.54, 1.807) is 12.1 Å². The highest BCUT2D eigenvalue weighted by Crippen LogP contribution is 2.30.